The van der Waals surface area contributed by atoms with E-state index in [2.05, 4.69) is 18.8 Å². The highest BCUT2D eigenvalue weighted by atomic mass is 16.5. The van der Waals surface area contributed by atoms with E-state index in [0.29, 0.717) is 0 Å². The Morgan fingerprint density at radius 3 is 2.05 bits per heavy atom. The van der Waals surface area contributed by atoms with E-state index in [-0.39, 0.29) is 13.2 Å². The standard InChI is InChI=1S/C10H18.C5H10.C3H10N2O2/c1-3-4-5-6-7-10-8-9(10)2;1-2-4-5-3-1;4-2-5-1-3(6)7/h3,9-10H,1,4-8H2,2H3;1-5H2;3,5-7H,1-2,4H2. The highest BCUT2D eigenvalue weighted by molar-refractivity contribution is 4.82. The van der Waals surface area contributed by atoms with Crippen LogP contribution in [0.4, 0.5) is 0 Å². The van der Waals surface area contributed by atoms with Gasteiger partial charge in [0.25, 0.3) is 0 Å². The van der Waals surface area contributed by atoms with Crippen molar-refractivity contribution in [3.05, 3.63) is 12.7 Å². The van der Waals surface area contributed by atoms with Crippen molar-refractivity contribution in [1.29, 1.82) is 0 Å². The molecule has 2 unspecified atom stereocenters. The van der Waals surface area contributed by atoms with Crippen molar-refractivity contribution in [1.82, 2.24) is 5.32 Å². The Hall–Kier alpha value is -0.420. The van der Waals surface area contributed by atoms with Crippen LogP contribution in [0.5, 0.6) is 0 Å². The minimum absolute atomic E-state index is 0.135. The molecule has 0 aliphatic heterocycles. The van der Waals surface area contributed by atoms with Crippen molar-refractivity contribution in [2.24, 2.45) is 17.6 Å². The molecular formula is C18H38N2O2. The fraction of sp³-hybridized carbons (Fsp3) is 0.889. The smallest absolute Gasteiger partial charge is 0.164 e. The van der Waals surface area contributed by atoms with E-state index in [1.54, 1.807) is 0 Å². The molecule has 0 radical (unpaired) electrons. The quantitative estimate of drug-likeness (QED) is 0.315. The maximum absolute atomic E-state index is 8.12. The third-order valence-corrected chi connectivity index (χ3v) is 4.23. The number of hydrogen-bond acceptors (Lipinski definition) is 4. The Kier molecular flexibility index (Phi) is 15.2. The molecule has 132 valence electrons. The van der Waals surface area contributed by atoms with E-state index in [0.717, 1.165) is 11.8 Å². The Morgan fingerprint density at radius 1 is 1.18 bits per heavy atom. The van der Waals surface area contributed by atoms with Crippen LogP contribution in [-0.2, 0) is 0 Å². The normalized spacial score (nSPS) is 22.4. The molecule has 2 rings (SSSR count). The van der Waals surface area contributed by atoms with Gasteiger partial charge in [-0.15, -0.1) is 6.58 Å². The van der Waals surface area contributed by atoms with Crippen LogP contribution in [0, 0.1) is 11.8 Å². The van der Waals surface area contributed by atoms with E-state index < -0.39 is 6.29 Å². The summed E-state index contributed by atoms with van der Waals surface area (Å²) in [4.78, 5) is 0. The molecule has 0 bridgehead atoms. The first-order chi connectivity index (χ1) is 10.6. The molecule has 2 saturated carbocycles. The van der Waals surface area contributed by atoms with E-state index in [1.165, 1.54) is 64.2 Å². The van der Waals surface area contributed by atoms with E-state index in [4.69, 9.17) is 15.9 Å². The predicted molar refractivity (Wildman–Crippen MR) is 94.3 cm³/mol. The number of rotatable bonds is 8. The summed E-state index contributed by atoms with van der Waals surface area (Å²) in [5.74, 6) is 2.13. The maximum atomic E-state index is 8.12. The molecule has 0 heterocycles. The average Bonchev–Trinajstić information content (AvgIpc) is 2.98. The molecule has 0 aromatic rings. The van der Waals surface area contributed by atoms with Gasteiger partial charge in [-0.2, -0.15) is 0 Å². The highest BCUT2D eigenvalue weighted by Crippen LogP contribution is 2.41. The molecule has 0 saturated heterocycles. The lowest BCUT2D eigenvalue weighted by atomic mass is 10.1. The molecule has 0 aromatic heterocycles. The molecule has 22 heavy (non-hydrogen) atoms. The lowest BCUT2D eigenvalue weighted by Gasteiger charge is -2.00. The summed E-state index contributed by atoms with van der Waals surface area (Å²) in [6.07, 6.45) is 15.2. The summed E-state index contributed by atoms with van der Waals surface area (Å²) in [6.45, 7) is 6.48. The van der Waals surface area contributed by atoms with Gasteiger partial charge in [0, 0.05) is 13.2 Å². The van der Waals surface area contributed by atoms with Gasteiger partial charge >= 0.3 is 0 Å². The molecule has 4 heteroatoms. The van der Waals surface area contributed by atoms with Crippen molar-refractivity contribution in [3.63, 3.8) is 0 Å². The summed E-state index contributed by atoms with van der Waals surface area (Å²) < 4.78 is 0. The molecular weight excluding hydrogens is 276 g/mol. The maximum Gasteiger partial charge on any atom is 0.164 e. The Morgan fingerprint density at radius 2 is 1.73 bits per heavy atom. The van der Waals surface area contributed by atoms with Crippen LogP contribution in [0.2, 0.25) is 0 Å². The van der Waals surface area contributed by atoms with Gasteiger partial charge in [0.15, 0.2) is 6.29 Å². The summed E-state index contributed by atoms with van der Waals surface area (Å²) >= 11 is 0. The summed E-state index contributed by atoms with van der Waals surface area (Å²) in [5, 5.41) is 18.8. The first-order valence-electron chi connectivity index (χ1n) is 8.99. The zero-order valence-corrected chi connectivity index (χ0v) is 14.5. The van der Waals surface area contributed by atoms with Gasteiger partial charge < -0.3 is 15.9 Å². The van der Waals surface area contributed by atoms with Crippen LogP contribution in [-0.4, -0.2) is 29.7 Å². The zero-order valence-electron chi connectivity index (χ0n) is 14.5. The molecule has 5 N–H and O–H groups in total. The van der Waals surface area contributed by atoms with Crippen LogP contribution in [0.3, 0.4) is 0 Å². The first kappa shape index (κ1) is 21.6. The third kappa shape index (κ3) is 16.0. The fourth-order valence-corrected chi connectivity index (χ4v) is 2.59. The van der Waals surface area contributed by atoms with E-state index >= 15 is 0 Å². The second kappa shape index (κ2) is 15.5. The summed E-state index contributed by atoms with van der Waals surface area (Å²) in [7, 11) is 0. The fourth-order valence-electron chi connectivity index (χ4n) is 2.59. The molecule has 0 spiro atoms. The minimum atomic E-state index is -1.29. The number of unbranched alkanes of at least 4 members (excludes halogenated alkanes) is 2. The lowest BCUT2D eigenvalue weighted by molar-refractivity contribution is -0.0369. The number of hydrogen-bond donors (Lipinski definition) is 4. The molecule has 0 amide bonds. The van der Waals surface area contributed by atoms with Gasteiger partial charge in [0.2, 0.25) is 0 Å². The largest absolute Gasteiger partial charge is 0.367 e. The van der Waals surface area contributed by atoms with Gasteiger partial charge in [-0.05, 0) is 31.1 Å². The van der Waals surface area contributed by atoms with E-state index in [1.807, 2.05) is 6.08 Å². The molecule has 2 atom stereocenters. The molecule has 4 nitrogen and oxygen atoms in total. The topological polar surface area (TPSA) is 78.5 Å². The Bertz CT molecular complexity index is 236. The van der Waals surface area contributed by atoms with Gasteiger partial charge in [0.1, 0.15) is 0 Å². The van der Waals surface area contributed by atoms with Crippen molar-refractivity contribution >= 4 is 0 Å². The van der Waals surface area contributed by atoms with Crippen molar-refractivity contribution in [3.8, 4) is 0 Å². The van der Waals surface area contributed by atoms with Crippen molar-refractivity contribution in [2.75, 3.05) is 13.2 Å². The summed E-state index contributed by atoms with van der Waals surface area (Å²) in [5.41, 5.74) is 4.94. The highest BCUT2D eigenvalue weighted by Gasteiger charge is 2.31. The van der Waals surface area contributed by atoms with Gasteiger partial charge in [-0.1, -0.05) is 57.9 Å². The lowest BCUT2D eigenvalue weighted by Crippen LogP contribution is -2.30. The average molecular weight is 315 g/mol. The third-order valence-electron chi connectivity index (χ3n) is 4.23. The van der Waals surface area contributed by atoms with Gasteiger partial charge in [0.05, 0.1) is 0 Å². The van der Waals surface area contributed by atoms with Crippen LogP contribution < -0.4 is 11.1 Å². The predicted octanol–water partition coefficient (Wildman–Crippen LogP) is 3.14. The minimum Gasteiger partial charge on any atom is -0.367 e. The first-order valence-corrected chi connectivity index (χ1v) is 8.99. The zero-order chi connectivity index (χ0) is 16.6. The Labute approximate surface area is 137 Å². The van der Waals surface area contributed by atoms with Crippen molar-refractivity contribution < 1.29 is 10.2 Å². The molecule has 0 aromatic carbocycles. The van der Waals surface area contributed by atoms with Crippen LogP contribution in [0.15, 0.2) is 12.7 Å². The van der Waals surface area contributed by atoms with E-state index in [9.17, 15) is 0 Å². The SMILES string of the molecule is C1CCCC1.C=CCCCCC1CC1C.NCNCC(O)O. The number of nitrogens with one attached hydrogen (secondary N) is 1. The van der Waals surface area contributed by atoms with Gasteiger partial charge in [-0.25, -0.2) is 0 Å². The van der Waals surface area contributed by atoms with Crippen molar-refractivity contribution in [2.45, 2.75) is 77.4 Å². The molecule has 2 fully saturated rings. The Balaban J connectivity index is 0.000000321. The van der Waals surface area contributed by atoms with Crippen LogP contribution in [0.25, 0.3) is 0 Å². The number of aliphatic hydroxyl groups is 2. The second-order valence-corrected chi connectivity index (χ2v) is 6.45. The van der Waals surface area contributed by atoms with Gasteiger partial charge in [-0.3, -0.25) is 5.32 Å². The van der Waals surface area contributed by atoms with Crippen LogP contribution in [0.1, 0.15) is 71.1 Å². The molecule has 2 aliphatic rings. The number of allylic oxidation sites excluding steroid dienone is 1. The number of nitrogens with two attached hydrogens (primary N) is 1. The summed E-state index contributed by atoms with van der Waals surface area (Å²) in [6, 6.07) is 0. The van der Waals surface area contributed by atoms with Crippen LogP contribution >= 0.6 is 0 Å². The monoisotopic (exact) mass is 314 g/mol. The number of aliphatic hydroxyl groups excluding tert-OH is 1. The molecule has 2 aliphatic carbocycles. The second-order valence-electron chi connectivity index (χ2n) is 6.45.